The van der Waals surface area contributed by atoms with Gasteiger partial charge in [-0.1, -0.05) is 0 Å². The molecule has 0 amide bonds. The number of aromatic nitrogens is 2. The second kappa shape index (κ2) is 5.54. The molecular weight excluding hydrogens is 288 g/mol. The van der Waals surface area contributed by atoms with E-state index < -0.39 is 12.3 Å². The Labute approximate surface area is 120 Å². The number of aliphatic hydroxyl groups excluding tert-OH is 1. The fourth-order valence-corrected chi connectivity index (χ4v) is 2.30. The van der Waals surface area contributed by atoms with Crippen LogP contribution >= 0.6 is 0 Å². The summed E-state index contributed by atoms with van der Waals surface area (Å²) in [4.78, 5) is 9.54. The van der Waals surface area contributed by atoms with Crippen molar-refractivity contribution in [3.8, 4) is 6.07 Å². The maximum atomic E-state index is 9.33. The van der Waals surface area contributed by atoms with Crippen molar-refractivity contribution >= 4 is 11.8 Å². The van der Waals surface area contributed by atoms with E-state index in [1.54, 1.807) is 0 Å². The first-order valence-electron chi connectivity index (χ1n) is 5.75. The third-order valence-electron chi connectivity index (χ3n) is 3.16. The van der Waals surface area contributed by atoms with Crippen molar-refractivity contribution in [1.29, 1.82) is 5.26 Å². The predicted molar refractivity (Wildman–Crippen MR) is 61.5 cm³/mol. The molecule has 6 N–H and O–H groups in total. The van der Waals surface area contributed by atoms with Crippen molar-refractivity contribution in [1.82, 2.24) is 9.97 Å². The molecule has 0 saturated carbocycles. The number of amidine groups is 1. The minimum Gasteiger partial charge on any atom is -1.00 e. The van der Waals surface area contributed by atoms with E-state index >= 15 is 0 Å². The number of aromatic amines is 1. The van der Waals surface area contributed by atoms with Gasteiger partial charge in [-0.25, -0.2) is 9.98 Å². The number of nitrogens with two attached hydrogens (primary N) is 1. The summed E-state index contributed by atoms with van der Waals surface area (Å²) in [6.45, 7) is -0.179. The van der Waals surface area contributed by atoms with Gasteiger partial charge in [-0.15, -0.1) is 0 Å². The molecule has 0 aromatic carbocycles. The molecule has 0 radical (unpaired) electrons. The van der Waals surface area contributed by atoms with Gasteiger partial charge < -0.3 is 37.3 Å². The number of nitrogens with zero attached hydrogens (tertiary/aromatic N) is 2. The molecule has 0 aliphatic carbocycles. The van der Waals surface area contributed by atoms with E-state index in [9.17, 15) is 5.11 Å². The Kier molecular flexibility index (Phi) is 3.99. The normalized spacial score (nSPS) is 30.7. The first kappa shape index (κ1) is 14.4. The number of halogens is 1. The van der Waals surface area contributed by atoms with Gasteiger partial charge in [-0.05, 0) is 0 Å². The fraction of sp³-hybridized carbons (Fsp3) is 0.500. The Morgan fingerprint density at radius 1 is 1.65 bits per heavy atom. The lowest BCUT2D eigenvalue weighted by Crippen LogP contribution is -3.00. The number of nitrogens with one attached hydrogen (secondary N) is 3. The van der Waals surface area contributed by atoms with Crippen molar-refractivity contribution in [2.75, 3.05) is 11.9 Å². The molecule has 1 aromatic rings. The molecule has 0 spiro atoms. The lowest BCUT2D eigenvalue weighted by Gasteiger charge is -2.20. The smallest absolute Gasteiger partial charge is 0.442 e. The van der Waals surface area contributed by atoms with Crippen LogP contribution < -0.4 is 28.4 Å². The first-order valence-corrected chi connectivity index (χ1v) is 5.75. The summed E-state index contributed by atoms with van der Waals surface area (Å²) < 4.78 is 11.0. The van der Waals surface area contributed by atoms with Crippen LogP contribution in [0.4, 0.5) is 5.82 Å². The molecular formula is C10H13ClN6O3. The van der Waals surface area contributed by atoms with Gasteiger partial charge in [0.05, 0.1) is 12.9 Å². The molecule has 9 nitrogen and oxygen atoms in total. The van der Waals surface area contributed by atoms with Crippen LogP contribution in [0.5, 0.6) is 0 Å². The fourth-order valence-electron chi connectivity index (χ4n) is 2.30. The molecule has 0 bridgehead atoms. The summed E-state index contributed by atoms with van der Waals surface area (Å²) in [6.07, 6.45) is 0.134. The van der Waals surface area contributed by atoms with Crippen LogP contribution in [0.1, 0.15) is 5.69 Å². The minimum absolute atomic E-state index is 0. The van der Waals surface area contributed by atoms with Gasteiger partial charge in [-0.2, -0.15) is 5.26 Å². The van der Waals surface area contributed by atoms with Crippen molar-refractivity contribution in [3.63, 3.8) is 0 Å². The summed E-state index contributed by atoms with van der Waals surface area (Å²) in [5.41, 5.74) is 5.85. The molecule has 10 heteroatoms. The molecule has 108 valence electrons. The molecule has 2 aliphatic heterocycles. The number of anilines is 1. The molecule has 2 aliphatic rings. The van der Waals surface area contributed by atoms with E-state index in [1.165, 1.54) is 6.33 Å². The Balaban J connectivity index is 0.00000147. The highest BCUT2D eigenvalue weighted by atomic mass is 35.5. The second-order valence-electron chi connectivity index (χ2n) is 4.28. The largest absolute Gasteiger partial charge is 1.00 e. The summed E-state index contributed by atoms with van der Waals surface area (Å²) in [7, 11) is 0. The number of rotatable bonds is 3. The van der Waals surface area contributed by atoms with Gasteiger partial charge in [0.1, 0.15) is 18.2 Å². The van der Waals surface area contributed by atoms with Gasteiger partial charge >= 0.3 is 6.02 Å². The lowest BCUT2D eigenvalue weighted by molar-refractivity contribution is -0.550. The molecule has 0 unspecified atom stereocenters. The molecule has 1 fully saturated rings. The number of H-pyrrole nitrogens is 1. The van der Waals surface area contributed by atoms with Crippen molar-refractivity contribution < 1.29 is 32.0 Å². The quantitative estimate of drug-likeness (QED) is 0.373. The number of fused-ring (bicyclic) bond motifs is 1. The monoisotopic (exact) mass is 300 g/mol. The third-order valence-corrected chi connectivity index (χ3v) is 3.16. The molecule has 1 aromatic heterocycles. The molecule has 4 atom stereocenters. The highest BCUT2D eigenvalue weighted by Gasteiger charge is 2.52. The molecule has 20 heavy (non-hydrogen) atoms. The number of hydrogen-bond donors (Lipinski definition) is 5. The molecule has 3 rings (SSSR count). The number of imidazole rings is 1. The SMILES string of the molecule is N#Cc1[nH]cnc1N[C@H]1[C@H]2OC(N)=[NH+][C@H]2O[C@@H]1CO.[Cl-]. The molecule has 3 heterocycles. The second-order valence-corrected chi connectivity index (χ2v) is 4.28. The highest BCUT2D eigenvalue weighted by Crippen LogP contribution is 2.25. The van der Waals surface area contributed by atoms with Crippen LogP contribution in [-0.2, 0) is 9.47 Å². The predicted octanol–water partition coefficient (Wildman–Crippen LogP) is -6.42. The van der Waals surface area contributed by atoms with Crippen LogP contribution in [0.15, 0.2) is 6.33 Å². The van der Waals surface area contributed by atoms with E-state index in [2.05, 4.69) is 20.3 Å². The number of aliphatic hydroxyl groups is 1. The zero-order valence-electron chi connectivity index (χ0n) is 10.2. The standard InChI is InChI=1S/C10H12N6O3.ClH/c11-1-4-8(14-3-13-4)15-6-5(2-17)18-9-7(6)19-10(12)16-9;/h3,5-7,9,15,17H,2H2,(H2,12,16)(H,13,14);1H/t5-,6-,7-,9+;/m1./s1. The van der Waals surface area contributed by atoms with Crippen LogP contribution in [0.2, 0.25) is 0 Å². The zero-order chi connectivity index (χ0) is 13.4. The van der Waals surface area contributed by atoms with E-state index in [0.717, 1.165) is 0 Å². The van der Waals surface area contributed by atoms with E-state index in [1.807, 2.05) is 6.07 Å². The summed E-state index contributed by atoms with van der Waals surface area (Å²) in [5.74, 6) is 0.393. The van der Waals surface area contributed by atoms with Gasteiger partial charge in [0.25, 0.3) is 0 Å². The van der Waals surface area contributed by atoms with Crippen LogP contribution in [-0.4, -0.2) is 52.2 Å². The topological polar surface area (TPSA) is 143 Å². The van der Waals surface area contributed by atoms with Crippen LogP contribution in [0.25, 0.3) is 0 Å². The van der Waals surface area contributed by atoms with Crippen molar-refractivity contribution in [2.24, 2.45) is 5.73 Å². The molecule has 1 saturated heterocycles. The van der Waals surface area contributed by atoms with E-state index in [-0.39, 0.29) is 37.2 Å². The maximum absolute atomic E-state index is 9.33. The van der Waals surface area contributed by atoms with E-state index in [4.69, 9.17) is 20.5 Å². The van der Waals surface area contributed by atoms with Crippen molar-refractivity contribution in [3.05, 3.63) is 12.0 Å². The summed E-state index contributed by atoms with van der Waals surface area (Å²) >= 11 is 0. The average Bonchev–Trinajstić information content (AvgIpc) is 3.05. The van der Waals surface area contributed by atoms with Gasteiger partial charge in [-0.3, -0.25) is 5.73 Å². The summed E-state index contributed by atoms with van der Waals surface area (Å²) in [5, 5.41) is 21.3. The third kappa shape index (κ3) is 2.24. The Morgan fingerprint density at radius 3 is 3.15 bits per heavy atom. The highest BCUT2D eigenvalue weighted by molar-refractivity contribution is 5.66. The van der Waals surface area contributed by atoms with E-state index in [0.29, 0.717) is 11.5 Å². The lowest BCUT2D eigenvalue weighted by atomic mass is 10.1. The van der Waals surface area contributed by atoms with Crippen LogP contribution in [0, 0.1) is 11.3 Å². The number of hydrogen-bond acceptors (Lipinski definition) is 7. The van der Waals surface area contributed by atoms with Crippen molar-refractivity contribution in [2.45, 2.75) is 24.5 Å². The minimum atomic E-state index is -0.473. The zero-order valence-corrected chi connectivity index (χ0v) is 11.0. The van der Waals surface area contributed by atoms with Crippen LogP contribution in [0.3, 0.4) is 0 Å². The first-order chi connectivity index (χ1) is 9.22. The Hall–Kier alpha value is -2.02. The average molecular weight is 301 g/mol. The number of ether oxygens (including phenoxy) is 2. The summed E-state index contributed by atoms with van der Waals surface area (Å²) in [6, 6.07) is 1.80. The van der Waals surface area contributed by atoms with Gasteiger partial charge in [0.2, 0.25) is 6.23 Å². The Bertz CT molecular complexity index is 555. The number of nitriles is 1. The van der Waals surface area contributed by atoms with Gasteiger partial charge in [0, 0.05) is 0 Å². The Morgan fingerprint density at radius 2 is 2.45 bits per heavy atom. The maximum Gasteiger partial charge on any atom is 0.442 e. The van der Waals surface area contributed by atoms with Gasteiger partial charge in [0.15, 0.2) is 17.6 Å².